The van der Waals surface area contributed by atoms with Crippen LogP contribution < -0.4 is 0 Å². The van der Waals surface area contributed by atoms with Crippen LogP contribution in [-0.4, -0.2) is 15.1 Å². The highest BCUT2D eigenvalue weighted by Crippen LogP contribution is 2.48. The summed E-state index contributed by atoms with van der Waals surface area (Å²) < 4.78 is 2.94. The number of alkyl halides is 1. The number of aromatic nitrogens is 2. The number of hydrogen-bond acceptors (Lipinski definition) is 1. The Morgan fingerprint density at radius 1 is 1.58 bits per heavy atom. The predicted octanol–water partition coefficient (Wildman–Crippen LogP) is 2.82. The molecule has 2 nitrogen and oxygen atoms in total. The molecule has 0 N–H and O–H groups in total. The average Bonchev–Trinajstić information content (AvgIpc) is 2.71. The summed E-state index contributed by atoms with van der Waals surface area (Å²) >= 11 is 6.88. The Labute approximate surface area is 88.6 Å². The Kier molecular flexibility index (Phi) is 2.29. The molecule has 0 unspecified atom stereocenters. The number of halogens is 2. The summed E-state index contributed by atoms with van der Waals surface area (Å²) in [7, 11) is 0. The molecule has 66 valence electrons. The number of nitrogens with zero attached hydrogens (tertiary/aromatic N) is 2. The summed E-state index contributed by atoms with van der Waals surface area (Å²) in [6.45, 7) is 1.05. The first-order valence-electron chi connectivity index (χ1n) is 3.99. The van der Waals surface area contributed by atoms with Gasteiger partial charge in [-0.1, -0.05) is 15.9 Å². The fraction of sp³-hybridized carbons (Fsp3) is 0.625. The minimum atomic E-state index is 0.505. The molecule has 0 aliphatic heterocycles. The van der Waals surface area contributed by atoms with Crippen LogP contribution in [0.5, 0.6) is 0 Å². The van der Waals surface area contributed by atoms with E-state index < -0.39 is 0 Å². The topological polar surface area (TPSA) is 17.8 Å². The van der Waals surface area contributed by atoms with Crippen molar-refractivity contribution in [2.45, 2.75) is 19.4 Å². The lowest BCUT2D eigenvalue weighted by atomic mass is 10.1. The van der Waals surface area contributed by atoms with Gasteiger partial charge in [-0.15, -0.1) is 0 Å². The molecule has 1 saturated carbocycles. The largest absolute Gasteiger partial charge is 0.271 e. The van der Waals surface area contributed by atoms with Crippen molar-refractivity contribution in [3.05, 3.63) is 16.9 Å². The fourth-order valence-corrected chi connectivity index (χ4v) is 2.34. The van der Waals surface area contributed by atoms with Crippen molar-refractivity contribution in [2.24, 2.45) is 5.41 Å². The summed E-state index contributed by atoms with van der Waals surface area (Å²) in [5.41, 5.74) is 0.505. The molecule has 2 rings (SSSR count). The Bertz CT molecular complexity index is 278. The molecule has 0 radical (unpaired) electrons. The van der Waals surface area contributed by atoms with E-state index >= 15 is 0 Å². The van der Waals surface area contributed by atoms with Gasteiger partial charge >= 0.3 is 0 Å². The second-order valence-corrected chi connectivity index (χ2v) is 4.84. The van der Waals surface area contributed by atoms with E-state index in [-0.39, 0.29) is 0 Å². The second kappa shape index (κ2) is 3.14. The normalized spacial score (nSPS) is 19.5. The summed E-state index contributed by atoms with van der Waals surface area (Å²) in [6.07, 6.45) is 4.68. The van der Waals surface area contributed by atoms with Crippen LogP contribution in [0.1, 0.15) is 12.8 Å². The van der Waals surface area contributed by atoms with Gasteiger partial charge in [0, 0.05) is 18.1 Å². The van der Waals surface area contributed by atoms with Crippen LogP contribution in [0.3, 0.4) is 0 Å². The van der Waals surface area contributed by atoms with E-state index in [4.69, 9.17) is 0 Å². The molecule has 0 saturated heterocycles. The molecule has 1 heterocycles. The maximum Gasteiger partial charge on any atom is 0.128 e. The van der Waals surface area contributed by atoms with Crippen LogP contribution in [-0.2, 0) is 6.54 Å². The van der Waals surface area contributed by atoms with Gasteiger partial charge in [0.15, 0.2) is 0 Å². The van der Waals surface area contributed by atoms with Gasteiger partial charge in [-0.25, -0.2) is 0 Å². The molecule has 4 heteroatoms. The molecule has 1 fully saturated rings. The van der Waals surface area contributed by atoms with Crippen LogP contribution in [0.4, 0.5) is 0 Å². The lowest BCUT2D eigenvalue weighted by Gasteiger charge is -2.10. The lowest BCUT2D eigenvalue weighted by Crippen LogP contribution is -2.13. The minimum absolute atomic E-state index is 0.505. The van der Waals surface area contributed by atoms with Gasteiger partial charge in [0.25, 0.3) is 0 Å². The zero-order chi connectivity index (χ0) is 8.60. The Hall–Kier alpha value is 0.170. The first-order valence-corrected chi connectivity index (χ1v) is 5.90. The fourth-order valence-electron chi connectivity index (χ4n) is 1.28. The van der Waals surface area contributed by atoms with Gasteiger partial charge in [0.05, 0.1) is 0 Å². The van der Waals surface area contributed by atoms with Gasteiger partial charge in [-0.3, -0.25) is 4.68 Å². The van der Waals surface area contributed by atoms with Crippen molar-refractivity contribution in [1.29, 1.82) is 0 Å². The number of hydrogen-bond donors (Lipinski definition) is 0. The van der Waals surface area contributed by atoms with Crippen molar-refractivity contribution < 1.29 is 0 Å². The highest BCUT2D eigenvalue weighted by atomic mass is 79.9. The van der Waals surface area contributed by atoms with E-state index in [2.05, 4.69) is 37.0 Å². The third kappa shape index (κ3) is 1.74. The summed E-state index contributed by atoms with van der Waals surface area (Å²) in [6, 6.07) is 1.98. The molecule has 0 bridgehead atoms. The molecule has 1 aliphatic carbocycles. The highest BCUT2D eigenvalue weighted by Gasteiger charge is 2.41. The molecule has 1 aromatic heterocycles. The van der Waals surface area contributed by atoms with Gasteiger partial charge in [-0.2, -0.15) is 5.10 Å². The molecule has 0 amide bonds. The van der Waals surface area contributed by atoms with Crippen molar-refractivity contribution in [1.82, 2.24) is 9.78 Å². The van der Waals surface area contributed by atoms with E-state index in [1.54, 1.807) is 0 Å². The predicted molar refractivity (Wildman–Crippen MR) is 55.4 cm³/mol. The third-order valence-electron chi connectivity index (χ3n) is 2.35. The van der Waals surface area contributed by atoms with Crippen LogP contribution in [0.2, 0.25) is 0 Å². The van der Waals surface area contributed by atoms with E-state index in [0.717, 1.165) is 16.5 Å². The molecule has 1 aromatic rings. The second-order valence-electron chi connectivity index (χ2n) is 3.47. The zero-order valence-electron chi connectivity index (χ0n) is 6.63. The Morgan fingerprint density at radius 3 is 2.75 bits per heavy atom. The van der Waals surface area contributed by atoms with Crippen LogP contribution in [0, 0.1) is 5.41 Å². The summed E-state index contributed by atoms with van der Waals surface area (Å²) in [5, 5.41) is 5.39. The van der Waals surface area contributed by atoms with Gasteiger partial charge < -0.3 is 0 Å². The smallest absolute Gasteiger partial charge is 0.128 e. The maximum absolute atomic E-state index is 4.30. The monoisotopic (exact) mass is 292 g/mol. The maximum atomic E-state index is 4.30. The Balaban J connectivity index is 2.04. The van der Waals surface area contributed by atoms with Crippen LogP contribution in [0.25, 0.3) is 0 Å². The molecule has 0 spiro atoms. The summed E-state index contributed by atoms with van der Waals surface area (Å²) in [4.78, 5) is 0. The molecular formula is C8H10Br2N2. The van der Waals surface area contributed by atoms with E-state index in [9.17, 15) is 0 Å². The first kappa shape index (κ1) is 8.75. The van der Waals surface area contributed by atoms with E-state index in [0.29, 0.717) is 5.41 Å². The first-order chi connectivity index (χ1) is 5.74. The van der Waals surface area contributed by atoms with E-state index in [1.807, 2.05) is 16.9 Å². The number of rotatable bonds is 3. The SMILES string of the molecule is BrCC1(Cn2ccc(Br)n2)CC1. The molecule has 12 heavy (non-hydrogen) atoms. The standard InChI is InChI=1S/C8H10Br2N2/c9-5-8(2-3-8)6-12-4-1-7(10)11-12/h1,4H,2-3,5-6H2. The lowest BCUT2D eigenvalue weighted by molar-refractivity contribution is 0.441. The quantitative estimate of drug-likeness (QED) is 0.784. The van der Waals surface area contributed by atoms with Crippen LogP contribution >= 0.6 is 31.9 Å². The van der Waals surface area contributed by atoms with Gasteiger partial charge in [0.2, 0.25) is 0 Å². The summed E-state index contributed by atoms with van der Waals surface area (Å²) in [5.74, 6) is 0. The van der Waals surface area contributed by atoms with Crippen molar-refractivity contribution >= 4 is 31.9 Å². The minimum Gasteiger partial charge on any atom is -0.271 e. The zero-order valence-corrected chi connectivity index (χ0v) is 9.81. The van der Waals surface area contributed by atoms with Crippen molar-refractivity contribution in [3.63, 3.8) is 0 Å². The van der Waals surface area contributed by atoms with Crippen molar-refractivity contribution in [3.8, 4) is 0 Å². The molecular weight excluding hydrogens is 284 g/mol. The molecule has 0 aromatic carbocycles. The van der Waals surface area contributed by atoms with Gasteiger partial charge in [0.1, 0.15) is 4.60 Å². The molecule has 1 aliphatic rings. The van der Waals surface area contributed by atoms with Gasteiger partial charge in [-0.05, 0) is 40.3 Å². The average molecular weight is 294 g/mol. The molecule has 0 atom stereocenters. The van der Waals surface area contributed by atoms with Crippen molar-refractivity contribution in [2.75, 3.05) is 5.33 Å². The van der Waals surface area contributed by atoms with E-state index in [1.165, 1.54) is 12.8 Å². The third-order valence-corrected chi connectivity index (χ3v) is 3.96. The highest BCUT2D eigenvalue weighted by molar-refractivity contribution is 9.10. The Morgan fingerprint density at radius 2 is 2.33 bits per heavy atom. The van der Waals surface area contributed by atoms with Crippen LogP contribution in [0.15, 0.2) is 16.9 Å².